The molecule has 1 fully saturated rings. The summed E-state index contributed by atoms with van der Waals surface area (Å²) in [7, 11) is 0. The Labute approximate surface area is 284 Å². The Bertz CT molecular complexity index is 2100. The van der Waals surface area contributed by atoms with Gasteiger partial charge in [0.1, 0.15) is 11.2 Å². The van der Waals surface area contributed by atoms with Crippen molar-refractivity contribution >= 4 is 22.9 Å². The van der Waals surface area contributed by atoms with Gasteiger partial charge >= 0.3 is 0 Å². The molecule has 1 saturated heterocycles. The first-order chi connectivity index (χ1) is 23.5. The summed E-state index contributed by atoms with van der Waals surface area (Å²) in [6, 6.07) is 29.9. The molecule has 1 amide bonds. The maximum absolute atomic E-state index is 12.0. The van der Waals surface area contributed by atoms with Gasteiger partial charge in [-0.1, -0.05) is 85.0 Å². The normalized spacial score (nSPS) is 18.2. The standard InChI is InChI=1S/C40H38N6OS/c1-28-34(27-46(43-28)40(30-12-5-2-6-13-30,31-14-7-3-8-15-31)32-16-9-4-10-17-32)29-19-22-38-42-24-36(45(38)25-29)37-21-20-33(48-37)26-44-23-11-18-35(44)39(41)47/h2-10,12-16,19-22,24-25,27,32,35H,11,17-18,23,26H2,1H3,(H2,41,47)/t32?,35-/m0/s1. The second-order valence-corrected chi connectivity index (χ2v) is 14.0. The van der Waals surface area contributed by atoms with Crippen LogP contribution in [-0.4, -0.2) is 42.6 Å². The number of benzene rings is 2. The number of pyridine rings is 1. The fraction of sp³-hybridized carbons (Fsp3) is 0.225. The number of rotatable bonds is 9. The number of hydrogen-bond acceptors (Lipinski definition) is 5. The molecule has 5 heterocycles. The number of primary amides is 1. The minimum absolute atomic E-state index is 0.161. The first-order valence-electron chi connectivity index (χ1n) is 16.6. The van der Waals surface area contributed by atoms with Gasteiger partial charge in [-0.15, -0.1) is 11.3 Å². The largest absolute Gasteiger partial charge is 0.368 e. The van der Waals surface area contributed by atoms with Crippen LogP contribution in [0.3, 0.4) is 0 Å². The topological polar surface area (TPSA) is 81.4 Å². The maximum Gasteiger partial charge on any atom is 0.234 e. The average Bonchev–Trinajstić information content (AvgIpc) is 3.94. The molecule has 1 aliphatic heterocycles. The number of thiophene rings is 1. The van der Waals surface area contributed by atoms with Crippen molar-refractivity contribution in [1.29, 1.82) is 0 Å². The Kier molecular flexibility index (Phi) is 7.90. The quantitative estimate of drug-likeness (QED) is 0.175. The van der Waals surface area contributed by atoms with Crippen LogP contribution in [-0.2, 0) is 16.9 Å². The highest BCUT2D eigenvalue weighted by Gasteiger charge is 2.44. The zero-order valence-corrected chi connectivity index (χ0v) is 27.8. The third-order valence-electron chi connectivity index (χ3n) is 9.99. The number of nitrogens with zero attached hydrogens (tertiary/aromatic N) is 5. The smallest absolute Gasteiger partial charge is 0.234 e. The molecular weight excluding hydrogens is 613 g/mol. The lowest BCUT2D eigenvalue weighted by atomic mass is 9.70. The van der Waals surface area contributed by atoms with E-state index in [0.29, 0.717) is 0 Å². The second kappa shape index (κ2) is 12.5. The molecule has 2 N–H and O–H groups in total. The molecule has 4 aromatic heterocycles. The Morgan fingerprint density at radius 1 is 0.958 bits per heavy atom. The van der Waals surface area contributed by atoms with E-state index in [1.807, 2.05) is 6.20 Å². The number of imidazole rings is 1. The van der Waals surface area contributed by atoms with E-state index in [9.17, 15) is 4.79 Å². The van der Waals surface area contributed by atoms with Gasteiger partial charge in [0.25, 0.3) is 0 Å². The fourth-order valence-corrected chi connectivity index (χ4v) is 8.73. The number of likely N-dealkylation sites (tertiary alicyclic amines) is 1. The summed E-state index contributed by atoms with van der Waals surface area (Å²) in [4.78, 5) is 21.3. The van der Waals surface area contributed by atoms with Gasteiger partial charge in [0.2, 0.25) is 5.91 Å². The summed E-state index contributed by atoms with van der Waals surface area (Å²) in [6.07, 6.45) is 18.0. The number of aromatic nitrogens is 4. The fourth-order valence-electron chi connectivity index (χ4n) is 7.69. The van der Waals surface area contributed by atoms with Gasteiger partial charge in [0.15, 0.2) is 0 Å². The van der Waals surface area contributed by atoms with Crippen molar-refractivity contribution in [3.05, 3.63) is 150 Å². The lowest BCUT2D eigenvalue weighted by molar-refractivity contribution is -0.122. The predicted molar refractivity (Wildman–Crippen MR) is 193 cm³/mol. The van der Waals surface area contributed by atoms with E-state index in [-0.39, 0.29) is 17.9 Å². The lowest BCUT2D eigenvalue weighted by Crippen LogP contribution is -2.43. The number of carbonyl (C=O) groups is 1. The molecule has 8 rings (SSSR count). The van der Waals surface area contributed by atoms with Crippen LogP contribution in [0.2, 0.25) is 0 Å². The number of allylic oxidation sites excluding steroid dienone is 4. The van der Waals surface area contributed by atoms with Gasteiger partial charge in [-0.25, -0.2) is 4.98 Å². The molecule has 0 saturated carbocycles. The minimum atomic E-state index is -0.548. The summed E-state index contributed by atoms with van der Waals surface area (Å²) in [6.45, 7) is 3.73. The zero-order chi connectivity index (χ0) is 32.7. The summed E-state index contributed by atoms with van der Waals surface area (Å²) >= 11 is 1.75. The van der Waals surface area contributed by atoms with Crippen molar-refractivity contribution < 1.29 is 4.79 Å². The lowest BCUT2D eigenvalue weighted by Gasteiger charge is -2.41. The van der Waals surface area contributed by atoms with Crippen molar-refractivity contribution in [3.63, 3.8) is 0 Å². The highest BCUT2D eigenvalue weighted by molar-refractivity contribution is 7.15. The molecule has 0 spiro atoms. The van der Waals surface area contributed by atoms with Crippen molar-refractivity contribution in [2.75, 3.05) is 6.54 Å². The Morgan fingerprint density at radius 3 is 2.44 bits per heavy atom. The summed E-state index contributed by atoms with van der Waals surface area (Å²) < 4.78 is 4.39. The molecule has 0 radical (unpaired) electrons. The van der Waals surface area contributed by atoms with E-state index in [1.54, 1.807) is 11.3 Å². The van der Waals surface area contributed by atoms with Crippen molar-refractivity contribution in [2.24, 2.45) is 11.7 Å². The van der Waals surface area contributed by atoms with Crippen LogP contribution in [0, 0.1) is 12.8 Å². The van der Waals surface area contributed by atoms with Gasteiger partial charge in [-0.3, -0.25) is 18.8 Å². The molecule has 240 valence electrons. The summed E-state index contributed by atoms with van der Waals surface area (Å²) in [5, 5.41) is 5.30. The second-order valence-electron chi connectivity index (χ2n) is 12.8. The maximum atomic E-state index is 12.0. The number of carbonyl (C=O) groups excluding carboxylic acids is 1. The molecule has 2 atom stereocenters. The highest BCUT2D eigenvalue weighted by Crippen LogP contribution is 2.45. The first-order valence-corrected chi connectivity index (χ1v) is 17.4. The molecule has 48 heavy (non-hydrogen) atoms. The predicted octanol–water partition coefficient (Wildman–Crippen LogP) is 7.61. The minimum Gasteiger partial charge on any atom is -0.368 e. The molecule has 8 heteroatoms. The number of fused-ring (bicyclic) bond motifs is 1. The molecule has 2 aromatic carbocycles. The molecular formula is C40H38N6OS. The molecule has 1 aliphatic carbocycles. The van der Waals surface area contributed by atoms with Gasteiger partial charge in [-0.2, -0.15) is 5.10 Å². The first kappa shape index (κ1) is 30.3. The van der Waals surface area contributed by atoms with Crippen LogP contribution in [0.1, 0.15) is 41.0 Å². The Morgan fingerprint density at radius 2 is 1.73 bits per heavy atom. The van der Waals surface area contributed by atoms with E-state index in [2.05, 4.69) is 143 Å². The van der Waals surface area contributed by atoms with Crippen LogP contribution in [0.15, 0.2) is 128 Å². The third kappa shape index (κ3) is 5.21. The van der Waals surface area contributed by atoms with Gasteiger partial charge in [-0.05, 0) is 68.1 Å². The third-order valence-corrected chi connectivity index (χ3v) is 11.1. The van der Waals surface area contributed by atoms with Gasteiger partial charge < -0.3 is 5.73 Å². The summed E-state index contributed by atoms with van der Waals surface area (Å²) in [5.41, 5.74) is 12.6. The molecule has 0 bridgehead atoms. The van der Waals surface area contributed by atoms with E-state index in [4.69, 9.17) is 15.8 Å². The zero-order valence-electron chi connectivity index (χ0n) is 26.9. The molecule has 7 nitrogen and oxygen atoms in total. The summed E-state index contributed by atoms with van der Waals surface area (Å²) in [5.74, 6) is -0.0666. The van der Waals surface area contributed by atoms with Crippen LogP contribution >= 0.6 is 11.3 Å². The van der Waals surface area contributed by atoms with Gasteiger partial charge in [0, 0.05) is 40.9 Å². The highest BCUT2D eigenvalue weighted by atomic mass is 32.1. The van der Waals surface area contributed by atoms with E-state index >= 15 is 0 Å². The Balaban J connectivity index is 1.20. The molecule has 6 aromatic rings. The molecule has 1 unspecified atom stereocenters. The average molecular weight is 651 g/mol. The monoisotopic (exact) mass is 650 g/mol. The van der Waals surface area contributed by atoms with Crippen molar-refractivity contribution in [1.82, 2.24) is 24.1 Å². The number of aryl methyl sites for hydroxylation is 1. The number of nitrogens with two attached hydrogens (primary N) is 1. The van der Waals surface area contributed by atoms with Crippen LogP contribution in [0.5, 0.6) is 0 Å². The van der Waals surface area contributed by atoms with Crippen LogP contribution in [0.25, 0.3) is 27.3 Å². The van der Waals surface area contributed by atoms with E-state index < -0.39 is 5.54 Å². The SMILES string of the molecule is Cc1nn(C(c2ccccc2)(c2ccccc2)C2C=CC=CC2)cc1-c1ccc2ncc(-c3ccc(CN4CCC[C@H]4C(N)=O)s3)n2c1. The molecule has 2 aliphatic rings. The van der Waals surface area contributed by atoms with Gasteiger partial charge in [0.05, 0.1) is 28.5 Å². The van der Waals surface area contributed by atoms with Crippen molar-refractivity contribution in [3.8, 4) is 21.7 Å². The van der Waals surface area contributed by atoms with Crippen LogP contribution in [0.4, 0.5) is 0 Å². The van der Waals surface area contributed by atoms with E-state index in [1.165, 1.54) is 16.0 Å². The number of amides is 1. The Hall–Kier alpha value is -5.05. The number of hydrogen-bond donors (Lipinski definition) is 1. The van der Waals surface area contributed by atoms with E-state index in [0.717, 1.165) is 65.4 Å². The van der Waals surface area contributed by atoms with Crippen LogP contribution < -0.4 is 5.73 Å². The van der Waals surface area contributed by atoms with Crippen molar-refractivity contribution in [2.45, 2.75) is 44.3 Å².